The maximum absolute atomic E-state index is 12.0. The van der Waals surface area contributed by atoms with E-state index >= 15 is 0 Å². The van der Waals surface area contributed by atoms with Crippen LogP contribution in [0.2, 0.25) is 0 Å². The van der Waals surface area contributed by atoms with Crippen LogP contribution in [0.5, 0.6) is 5.75 Å². The van der Waals surface area contributed by atoms with E-state index in [-0.39, 0.29) is 6.03 Å². The van der Waals surface area contributed by atoms with E-state index in [0.29, 0.717) is 5.75 Å². The Morgan fingerprint density at radius 3 is 2.89 bits per heavy atom. The van der Waals surface area contributed by atoms with Crippen molar-refractivity contribution in [3.8, 4) is 5.75 Å². The molecule has 1 fully saturated rings. The lowest BCUT2D eigenvalue weighted by molar-refractivity contribution is -0.160. The molecule has 6 nitrogen and oxygen atoms in total. The highest BCUT2D eigenvalue weighted by Crippen LogP contribution is 2.44. The first kappa shape index (κ1) is 11.8. The van der Waals surface area contributed by atoms with E-state index in [0.717, 1.165) is 5.56 Å². The molecule has 3 atom stereocenters. The monoisotopic (exact) mass is 262 g/mol. The topological polar surface area (TPSA) is 76.7 Å². The van der Waals surface area contributed by atoms with E-state index in [1.165, 1.54) is 7.11 Å². The summed E-state index contributed by atoms with van der Waals surface area (Å²) in [6.45, 7) is 1.68. The summed E-state index contributed by atoms with van der Waals surface area (Å²) in [4.78, 5) is 23.7. The fourth-order valence-corrected chi connectivity index (χ4v) is 2.77. The van der Waals surface area contributed by atoms with E-state index in [1.54, 1.807) is 6.92 Å². The Bertz CT molecular complexity index is 559. The van der Waals surface area contributed by atoms with Crippen LogP contribution in [-0.2, 0) is 9.53 Å². The molecule has 0 saturated carbocycles. The van der Waals surface area contributed by atoms with Crippen LogP contribution in [0.4, 0.5) is 4.79 Å². The van der Waals surface area contributed by atoms with Gasteiger partial charge in [0, 0.05) is 5.56 Å². The molecule has 1 saturated heterocycles. The zero-order valence-corrected chi connectivity index (χ0v) is 10.6. The quantitative estimate of drug-likeness (QED) is 0.738. The minimum atomic E-state index is -1.10. The number of esters is 1. The number of methoxy groups -OCH3 is 1. The average molecular weight is 262 g/mol. The third-order valence-electron chi connectivity index (χ3n) is 3.61. The number of amides is 2. The van der Waals surface area contributed by atoms with Gasteiger partial charge in [0.2, 0.25) is 0 Å². The Morgan fingerprint density at radius 1 is 1.42 bits per heavy atom. The van der Waals surface area contributed by atoms with E-state index in [4.69, 9.17) is 9.47 Å². The number of rotatable bonds is 1. The largest absolute Gasteiger partial charge is 0.469 e. The van der Waals surface area contributed by atoms with Crippen LogP contribution in [0.25, 0.3) is 0 Å². The zero-order chi connectivity index (χ0) is 13.6. The molecule has 2 heterocycles. The molecule has 0 aromatic heterocycles. The van der Waals surface area contributed by atoms with E-state index in [2.05, 4.69) is 10.6 Å². The van der Waals surface area contributed by atoms with Gasteiger partial charge in [0.15, 0.2) is 5.72 Å². The summed E-state index contributed by atoms with van der Waals surface area (Å²) < 4.78 is 10.7. The summed E-state index contributed by atoms with van der Waals surface area (Å²) in [5.74, 6) is -0.401. The average Bonchev–Trinajstić information content (AvgIpc) is 2.36. The number of urea groups is 1. The van der Waals surface area contributed by atoms with Gasteiger partial charge in [0.25, 0.3) is 0 Å². The Morgan fingerprint density at radius 2 is 2.16 bits per heavy atom. The van der Waals surface area contributed by atoms with Crippen LogP contribution >= 0.6 is 0 Å². The van der Waals surface area contributed by atoms with Crippen molar-refractivity contribution >= 4 is 12.0 Å². The van der Waals surface area contributed by atoms with Crippen molar-refractivity contribution in [2.45, 2.75) is 18.7 Å². The number of benzene rings is 1. The van der Waals surface area contributed by atoms with Crippen LogP contribution in [0, 0.1) is 5.92 Å². The highest BCUT2D eigenvalue weighted by molar-refractivity contribution is 5.84. The molecular formula is C13H14N2O4. The maximum atomic E-state index is 12.0. The second-order valence-electron chi connectivity index (χ2n) is 4.82. The second-order valence-corrected chi connectivity index (χ2v) is 4.82. The molecule has 6 heteroatoms. The van der Waals surface area contributed by atoms with Gasteiger partial charge in [-0.05, 0) is 13.0 Å². The molecular weight excluding hydrogens is 248 g/mol. The van der Waals surface area contributed by atoms with Gasteiger partial charge in [-0.1, -0.05) is 18.2 Å². The second kappa shape index (κ2) is 3.88. The first-order valence-electron chi connectivity index (χ1n) is 5.99. The number of nitrogens with one attached hydrogen (secondary N) is 2. The summed E-state index contributed by atoms with van der Waals surface area (Å²) in [6.07, 6.45) is 0. The predicted octanol–water partition coefficient (Wildman–Crippen LogP) is 0.938. The first-order chi connectivity index (χ1) is 9.05. The van der Waals surface area contributed by atoms with E-state index in [9.17, 15) is 9.59 Å². The summed E-state index contributed by atoms with van der Waals surface area (Å²) in [6, 6.07) is 6.53. The molecule has 3 rings (SSSR count). The lowest BCUT2D eigenvalue weighted by Crippen LogP contribution is -2.70. The molecule has 2 bridgehead atoms. The zero-order valence-electron chi connectivity index (χ0n) is 10.6. The Hall–Kier alpha value is -2.24. The van der Waals surface area contributed by atoms with Crippen LogP contribution in [-0.4, -0.2) is 24.8 Å². The van der Waals surface area contributed by atoms with Gasteiger partial charge in [-0.25, -0.2) is 4.79 Å². The molecule has 0 unspecified atom stereocenters. The minimum absolute atomic E-state index is 0.359. The summed E-state index contributed by atoms with van der Waals surface area (Å²) in [7, 11) is 1.32. The van der Waals surface area contributed by atoms with Gasteiger partial charge in [-0.2, -0.15) is 0 Å². The number of hydrogen-bond acceptors (Lipinski definition) is 4. The van der Waals surface area contributed by atoms with Crippen molar-refractivity contribution in [2.75, 3.05) is 7.11 Å². The highest BCUT2D eigenvalue weighted by Gasteiger charge is 2.56. The maximum Gasteiger partial charge on any atom is 0.318 e. The smallest absolute Gasteiger partial charge is 0.318 e. The molecule has 2 aliphatic rings. The van der Waals surface area contributed by atoms with Gasteiger partial charge in [-0.3, -0.25) is 10.1 Å². The molecule has 1 aromatic carbocycles. The Kier molecular flexibility index (Phi) is 2.41. The third kappa shape index (κ3) is 1.63. The van der Waals surface area contributed by atoms with Gasteiger partial charge < -0.3 is 14.8 Å². The van der Waals surface area contributed by atoms with Crippen molar-refractivity contribution in [3.05, 3.63) is 29.8 Å². The fraction of sp³-hybridized carbons (Fsp3) is 0.385. The highest BCUT2D eigenvalue weighted by atomic mass is 16.5. The van der Waals surface area contributed by atoms with Crippen molar-refractivity contribution in [1.82, 2.24) is 10.6 Å². The van der Waals surface area contributed by atoms with E-state index in [1.807, 2.05) is 24.3 Å². The molecule has 2 amide bonds. The SMILES string of the molecule is COC(=O)[C@H]1[C@H]2NC(=O)N[C@]1(C)Oc1ccccc12. The molecule has 2 N–H and O–H groups in total. The minimum Gasteiger partial charge on any atom is -0.469 e. The van der Waals surface area contributed by atoms with Crippen molar-refractivity contribution < 1.29 is 19.1 Å². The molecule has 19 heavy (non-hydrogen) atoms. The molecule has 1 aromatic rings. The number of carbonyl (C=O) groups excluding carboxylic acids is 2. The molecule has 100 valence electrons. The number of para-hydroxylation sites is 1. The standard InChI is InChI=1S/C13H14N2O4/c1-13-9(11(16)18-2)10(14-12(17)15-13)7-5-3-4-6-8(7)19-13/h3-6,9-10H,1-2H3,(H2,14,15,17)/t9-,10+,13-/m1/s1. The van der Waals surface area contributed by atoms with Gasteiger partial charge in [-0.15, -0.1) is 0 Å². The predicted molar refractivity (Wildman–Crippen MR) is 65.4 cm³/mol. The first-order valence-corrected chi connectivity index (χ1v) is 5.99. The lowest BCUT2D eigenvalue weighted by Gasteiger charge is -2.48. The summed E-state index contributed by atoms with van der Waals surface area (Å²) >= 11 is 0. The molecule has 0 aliphatic carbocycles. The third-order valence-corrected chi connectivity index (χ3v) is 3.61. The normalized spacial score (nSPS) is 31.4. The number of fused-ring (bicyclic) bond motifs is 4. The van der Waals surface area contributed by atoms with Gasteiger partial charge >= 0.3 is 12.0 Å². The summed E-state index contributed by atoms with van der Waals surface area (Å²) in [5.41, 5.74) is -0.320. The molecule has 0 spiro atoms. The van der Waals surface area contributed by atoms with Crippen molar-refractivity contribution in [2.24, 2.45) is 5.92 Å². The Labute approximate surface area is 110 Å². The Balaban J connectivity index is 2.14. The fourth-order valence-electron chi connectivity index (χ4n) is 2.77. The van der Waals surface area contributed by atoms with Gasteiger partial charge in [0.05, 0.1) is 13.2 Å². The van der Waals surface area contributed by atoms with Crippen molar-refractivity contribution in [1.29, 1.82) is 0 Å². The van der Waals surface area contributed by atoms with Crippen molar-refractivity contribution in [3.63, 3.8) is 0 Å². The number of hydrogen-bond donors (Lipinski definition) is 2. The lowest BCUT2D eigenvalue weighted by atomic mass is 9.80. The summed E-state index contributed by atoms with van der Waals surface area (Å²) in [5, 5.41) is 5.42. The van der Waals surface area contributed by atoms with Crippen LogP contribution in [0.15, 0.2) is 24.3 Å². The van der Waals surface area contributed by atoms with Crippen LogP contribution in [0.3, 0.4) is 0 Å². The molecule has 2 aliphatic heterocycles. The number of carbonyl (C=O) groups is 2. The van der Waals surface area contributed by atoms with Gasteiger partial charge in [0.1, 0.15) is 11.7 Å². The number of ether oxygens (including phenoxy) is 2. The van der Waals surface area contributed by atoms with Crippen LogP contribution < -0.4 is 15.4 Å². The molecule has 0 radical (unpaired) electrons. The van der Waals surface area contributed by atoms with E-state index < -0.39 is 23.7 Å². The van der Waals surface area contributed by atoms with Crippen LogP contribution in [0.1, 0.15) is 18.5 Å².